The summed E-state index contributed by atoms with van der Waals surface area (Å²) in [5.41, 5.74) is 0. The number of piperidine rings is 1. The van der Waals surface area contributed by atoms with Gasteiger partial charge in [0.25, 0.3) is 0 Å². The molecular formula is C13H24ClNO2S. The van der Waals surface area contributed by atoms with Crippen molar-refractivity contribution in [2.24, 2.45) is 11.8 Å². The molecule has 1 saturated heterocycles. The van der Waals surface area contributed by atoms with Crippen LogP contribution in [0.15, 0.2) is 0 Å². The molecule has 1 aliphatic carbocycles. The number of hydrogen-bond donors (Lipinski definition) is 0. The van der Waals surface area contributed by atoms with Crippen LogP contribution in [0, 0.1) is 11.8 Å². The summed E-state index contributed by atoms with van der Waals surface area (Å²) in [6, 6.07) is 0. The maximum absolute atomic E-state index is 12.4. The van der Waals surface area contributed by atoms with Crippen molar-refractivity contribution in [2.75, 3.05) is 24.7 Å². The highest BCUT2D eigenvalue weighted by atomic mass is 35.5. The molecule has 18 heavy (non-hydrogen) atoms. The molecule has 0 bridgehead atoms. The first-order valence-corrected chi connectivity index (χ1v) is 9.30. The Bertz CT molecular complexity index is 352. The smallest absolute Gasteiger partial charge is 0.212 e. The van der Waals surface area contributed by atoms with Gasteiger partial charge in [-0.1, -0.05) is 19.3 Å². The van der Waals surface area contributed by atoms with E-state index in [9.17, 15) is 8.42 Å². The van der Waals surface area contributed by atoms with Crippen LogP contribution in [0.1, 0.15) is 44.9 Å². The van der Waals surface area contributed by atoms with Gasteiger partial charge < -0.3 is 0 Å². The Labute approximate surface area is 116 Å². The van der Waals surface area contributed by atoms with E-state index < -0.39 is 10.0 Å². The molecule has 1 heterocycles. The van der Waals surface area contributed by atoms with E-state index in [1.54, 1.807) is 4.31 Å². The Balaban J connectivity index is 1.92. The zero-order valence-electron chi connectivity index (χ0n) is 11.0. The van der Waals surface area contributed by atoms with Crippen LogP contribution in [0.5, 0.6) is 0 Å². The highest BCUT2D eigenvalue weighted by Crippen LogP contribution is 2.27. The number of nitrogens with zero attached hydrogens (tertiary/aromatic N) is 1. The lowest BCUT2D eigenvalue weighted by Crippen LogP contribution is -2.42. The first kappa shape index (κ1) is 14.6. The number of sulfonamides is 1. The summed E-state index contributed by atoms with van der Waals surface area (Å²) in [6.45, 7) is 1.33. The molecule has 2 aliphatic rings. The summed E-state index contributed by atoms with van der Waals surface area (Å²) in [7, 11) is -3.05. The molecule has 0 spiro atoms. The zero-order chi connectivity index (χ0) is 13.0. The summed E-state index contributed by atoms with van der Waals surface area (Å²) in [6.07, 6.45) is 7.88. The molecule has 0 aromatic rings. The highest BCUT2D eigenvalue weighted by Gasteiger charge is 2.30. The van der Waals surface area contributed by atoms with Crippen LogP contribution in [0.4, 0.5) is 0 Å². The summed E-state index contributed by atoms with van der Waals surface area (Å²) >= 11 is 5.87. The van der Waals surface area contributed by atoms with Crippen molar-refractivity contribution in [1.29, 1.82) is 0 Å². The molecular weight excluding hydrogens is 270 g/mol. The summed E-state index contributed by atoms with van der Waals surface area (Å²) in [5, 5.41) is 0. The fourth-order valence-corrected chi connectivity index (χ4v) is 5.40. The van der Waals surface area contributed by atoms with Crippen molar-refractivity contribution in [3.8, 4) is 0 Å². The van der Waals surface area contributed by atoms with E-state index >= 15 is 0 Å². The van der Waals surface area contributed by atoms with Crippen molar-refractivity contribution < 1.29 is 8.42 Å². The van der Waals surface area contributed by atoms with Gasteiger partial charge in [-0.3, -0.25) is 0 Å². The predicted octanol–water partition coefficient (Wildman–Crippen LogP) is 2.85. The van der Waals surface area contributed by atoms with E-state index in [0.717, 1.165) is 25.7 Å². The number of halogens is 1. The molecule has 0 radical (unpaired) electrons. The second-order valence-corrected chi connectivity index (χ2v) is 8.13. The maximum atomic E-state index is 12.4. The summed E-state index contributed by atoms with van der Waals surface area (Å²) in [4.78, 5) is 0. The number of rotatable bonds is 4. The Hall–Kier alpha value is 0.200. The molecule has 1 saturated carbocycles. The SMILES string of the molecule is O=S(=O)(CC1CCCCC1)N1CCCC(CCl)C1. The fraction of sp³-hybridized carbons (Fsp3) is 1.00. The van der Waals surface area contributed by atoms with Crippen molar-refractivity contribution in [1.82, 2.24) is 4.31 Å². The summed E-state index contributed by atoms with van der Waals surface area (Å²) in [5.74, 6) is 1.68. The van der Waals surface area contributed by atoms with Crippen molar-refractivity contribution in [3.63, 3.8) is 0 Å². The Morgan fingerprint density at radius 3 is 2.33 bits per heavy atom. The van der Waals surface area contributed by atoms with Gasteiger partial charge in [0.1, 0.15) is 0 Å². The minimum absolute atomic E-state index is 0.349. The van der Waals surface area contributed by atoms with Gasteiger partial charge in [-0.05, 0) is 37.5 Å². The molecule has 1 unspecified atom stereocenters. The van der Waals surface area contributed by atoms with E-state index in [2.05, 4.69) is 0 Å². The van der Waals surface area contributed by atoms with Crippen LogP contribution >= 0.6 is 11.6 Å². The topological polar surface area (TPSA) is 37.4 Å². The molecule has 1 atom stereocenters. The van der Waals surface area contributed by atoms with Crippen LogP contribution in [0.25, 0.3) is 0 Å². The number of hydrogen-bond acceptors (Lipinski definition) is 2. The molecule has 2 rings (SSSR count). The van der Waals surface area contributed by atoms with Crippen LogP contribution in [0.3, 0.4) is 0 Å². The van der Waals surface area contributed by atoms with E-state index in [1.165, 1.54) is 19.3 Å². The molecule has 1 aliphatic heterocycles. The fourth-order valence-electron chi connectivity index (χ4n) is 3.16. The van der Waals surface area contributed by atoms with Crippen molar-refractivity contribution in [2.45, 2.75) is 44.9 Å². The van der Waals surface area contributed by atoms with Crippen LogP contribution < -0.4 is 0 Å². The first-order valence-electron chi connectivity index (χ1n) is 7.15. The van der Waals surface area contributed by atoms with Gasteiger partial charge in [-0.2, -0.15) is 0 Å². The molecule has 0 aromatic carbocycles. The zero-order valence-corrected chi connectivity index (χ0v) is 12.6. The lowest BCUT2D eigenvalue weighted by molar-refractivity contribution is 0.279. The van der Waals surface area contributed by atoms with Crippen LogP contribution in [-0.2, 0) is 10.0 Å². The molecule has 0 amide bonds. The van der Waals surface area contributed by atoms with Gasteiger partial charge in [0.15, 0.2) is 0 Å². The van der Waals surface area contributed by atoms with Crippen LogP contribution in [-0.4, -0.2) is 37.4 Å². The standard InChI is InChI=1S/C13H24ClNO2S/c14-9-13-7-4-8-15(10-13)18(16,17)11-12-5-2-1-3-6-12/h12-13H,1-11H2. The predicted molar refractivity (Wildman–Crippen MR) is 75.4 cm³/mol. The van der Waals surface area contributed by atoms with Crippen molar-refractivity contribution in [3.05, 3.63) is 0 Å². The first-order chi connectivity index (χ1) is 8.62. The molecule has 106 valence electrons. The molecule has 0 aromatic heterocycles. The average molecular weight is 294 g/mol. The maximum Gasteiger partial charge on any atom is 0.214 e. The third-order valence-electron chi connectivity index (χ3n) is 4.26. The third kappa shape index (κ3) is 3.84. The monoisotopic (exact) mass is 293 g/mol. The quantitative estimate of drug-likeness (QED) is 0.748. The largest absolute Gasteiger partial charge is 0.214 e. The Kier molecular flexibility index (Phi) is 5.34. The average Bonchev–Trinajstić information content (AvgIpc) is 2.39. The molecule has 2 fully saturated rings. The van der Waals surface area contributed by atoms with Gasteiger partial charge in [0.2, 0.25) is 10.0 Å². The lowest BCUT2D eigenvalue weighted by atomic mass is 9.91. The third-order valence-corrected chi connectivity index (χ3v) is 6.71. The van der Waals surface area contributed by atoms with Gasteiger partial charge >= 0.3 is 0 Å². The Morgan fingerprint density at radius 1 is 1.00 bits per heavy atom. The highest BCUT2D eigenvalue weighted by molar-refractivity contribution is 7.89. The minimum Gasteiger partial charge on any atom is -0.212 e. The van der Waals surface area contributed by atoms with E-state index in [-0.39, 0.29) is 0 Å². The van der Waals surface area contributed by atoms with Gasteiger partial charge in [0, 0.05) is 19.0 Å². The van der Waals surface area contributed by atoms with E-state index in [0.29, 0.717) is 36.6 Å². The number of alkyl halides is 1. The minimum atomic E-state index is -3.05. The normalized spacial score (nSPS) is 28.4. The Morgan fingerprint density at radius 2 is 1.67 bits per heavy atom. The molecule has 5 heteroatoms. The van der Waals surface area contributed by atoms with Gasteiger partial charge in [0.05, 0.1) is 5.75 Å². The molecule has 0 N–H and O–H groups in total. The lowest BCUT2D eigenvalue weighted by Gasteiger charge is -2.32. The van der Waals surface area contributed by atoms with Crippen LogP contribution in [0.2, 0.25) is 0 Å². The van der Waals surface area contributed by atoms with Gasteiger partial charge in [-0.25, -0.2) is 12.7 Å². The summed E-state index contributed by atoms with van der Waals surface area (Å²) < 4.78 is 26.5. The second-order valence-electron chi connectivity index (χ2n) is 5.80. The second kappa shape index (κ2) is 6.58. The molecule has 3 nitrogen and oxygen atoms in total. The van der Waals surface area contributed by atoms with E-state index in [1.807, 2.05) is 0 Å². The van der Waals surface area contributed by atoms with Gasteiger partial charge in [-0.15, -0.1) is 11.6 Å². The van der Waals surface area contributed by atoms with E-state index in [4.69, 9.17) is 11.6 Å². The van der Waals surface area contributed by atoms with Crippen molar-refractivity contribution >= 4 is 21.6 Å².